The van der Waals surface area contributed by atoms with Crippen molar-refractivity contribution in [2.24, 2.45) is 0 Å². The Morgan fingerprint density at radius 2 is 1.44 bits per heavy atom. The minimum atomic E-state index is -0.616. The van der Waals surface area contributed by atoms with Crippen LogP contribution in [0, 0.1) is 0 Å². The number of carbonyl (C=O) groups is 2. The van der Waals surface area contributed by atoms with E-state index in [2.05, 4.69) is 61.0 Å². The van der Waals surface area contributed by atoms with Crippen LogP contribution < -0.4 is 14.8 Å². The molecule has 0 spiro atoms. The quantitative estimate of drug-likeness (QED) is 0.306. The SMILES string of the molecule is CC(C)NCCc1ccc(OC(=O)c2cncc(Br)c2)c(OC(=O)c2cncc(Br)c2)c1. The van der Waals surface area contributed by atoms with Gasteiger partial charge in [0.25, 0.3) is 0 Å². The Hall–Kier alpha value is -2.62. The zero-order valence-electron chi connectivity index (χ0n) is 17.5. The molecule has 0 saturated heterocycles. The van der Waals surface area contributed by atoms with E-state index < -0.39 is 11.9 Å². The maximum Gasteiger partial charge on any atom is 0.345 e. The molecule has 0 atom stereocenters. The second-order valence-electron chi connectivity index (χ2n) is 7.20. The van der Waals surface area contributed by atoms with Gasteiger partial charge in [-0.25, -0.2) is 9.59 Å². The van der Waals surface area contributed by atoms with Gasteiger partial charge < -0.3 is 14.8 Å². The second kappa shape index (κ2) is 11.3. The van der Waals surface area contributed by atoms with Gasteiger partial charge in [-0.15, -0.1) is 0 Å². The minimum Gasteiger partial charge on any atom is -0.419 e. The highest BCUT2D eigenvalue weighted by Crippen LogP contribution is 2.30. The highest BCUT2D eigenvalue weighted by molar-refractivity contribution is 9.10. The normalized spacial score (nSPS) is 10.8. The van der Waals surface area contributed by atoms with Gasteiger partial charge in [-0.3, -0.25) is 9.97 Å². The van der Waals surface area contributed by atoms with Gasteiger partial charge in [-0.2, -0.15) is 0 Å². The summed E-state index contributed by atoms with van der Waals surface area (Å²) in [5.74, 6) is -0.952. The lowest BCUT2D eigenvalue weighted by Crippen LogP contribution is -2.25. The Morgan fingerprint density at radius 3 is 1.97 bits per heavy atom. The molecule has 1 N–H and O–H groups in total. The largest absolute Gasteiger partial charge is 0.419 e. The summed E-state index contributed by atoms with van der Waals surface area (Å²) in [6.45, 7) is 4.89. The molecule has 2 aromatic heterocycles. The van der Waals surface area contributed by atoms with Crippen LogP contribution in [0.2, 0.25) is 0 Å². The molecule has 0 aliphatic carbocycles. The van der Waals surface area contributed by atoms with E-state index in [4.69, 9.17) is 9.47 Å². The number of hydrogen-bond donors (Lipinski definition) is 1. The summed E-state index contributed by atoms with van der Waals surface area (Å²) in [5.41, 5.74) is 1.45. The topological polar surface area (TPSA) is 90.4 Å². The van der Waals surface area contributed by atoms with Gasteiger partial charge >= 0.3 is 11.9 Å². The van der Waals surface area contributed by atoms with Gasteiger partial charge in [-0.05, 0) is 74.7 Å². The third kappa shape index (κ3) is 6.94. The fourth-order valence-corrected chi connectivity index (χ4v) is 3.47. The van der Waals surface area contributed by atoms with Crippen molar-refractivity contribution in [3.63, 3.8) is 0 Å². The lowest BCUT2D eigenvalue weighted by Gasteiger charge is -2.13. The molecule has 0 aliphatic rings. The summed E-state index contributed by atoms with van der Waals surface area (Å²) in [4.78, 5) is 33.2. The molecule has 7 nitrogen and oxygen atoms in total. The number of carbonyl (C=O) groups excluding carboxylic acids is 2. The second-order valence-corrected chi connectivity index (χ2v) is 9.03. The summed E-state index contributed by atoms with van der Waals surface area (Å²) in [5, 5.41) is 3.34. The van der Waals surface area contributed by atoms with Crippen LogP contribution >= 0.6 is 31.9 Å². The highest BCUT2D eigenvalue weighted by atomic mass is 79.9. The van der Waals surface area contributed by atoms with Crippen molar-refractivity contribution >= 4 is 43.8 Å². The predicted molar refractivity (Wildman–Crippen MR) is 127 cm³/mol. The Balaban J connectivity index is 1.85. The van der Waals surface area contributed by atoms with Crippen molar-refractivity contribution in [2.45, 2.75) is 26.3 Å². The number of nitrogens with zero attached hydrogens (tertiary/aromatic N) is 2. The van der Waals surface area contributed by atoms with Crippen LogP contribution in [0.4, 0.5) is 0 Å². The number of rotatable bonds is 8. The van der Waals surface area contributed by atoms with Gasteiger partial charge in [0, 0.05) is 39.8 Å². The fourth-order valence-electron chi connectivity index (χ4n) is 2.74. The first-order chi connectivity index (χ1) is 15.3. The van der Waals surface area contributed by atoms with Crippen LogP contribution in [0.1, 0.15) is 40.1 Å². The number of aromatic nitrogens is 2. The van der Waals surface area contributed by atoms with Crippen LogP contribution in [0.25, 0.3) is 0 Å². The van der Waals surface area contributed by atoms with Gasteiger partial charge in [0.15, 0.2) is 11.5 Å². The van der Waals surface area contributed by atoms with Crippen molar-refractivity contribution in [1.82, 2.24) is 15.3 Å². The molecular formula is C23H21Br2N3O4. The van der Waals surface area contributed by atoms with Crippen LogP contribution in [-0.2, 0) is 6.42 Å². The van der Waals surface area contributed by atoms with E-state index in [0.717, 1.165) is 12.1 Å². The number of benzene rings is 1. The van der Waals surface area contributed by atoms with Crippen molar-refractivity contribution in [3.05, 3.63) is 80.8 Å². The molecule has 32 heavy (non-hydrogen) atoms. The number of hydrogen-bond acceptors (Lipinski definition) is 7. The average Bonchev–Trinajstić information content (AvgIpc) is 2.75. The smallest absolute Gasteiger partial charge is 0.345 e. The van der Waals surface area contributed by atoms with Crippen molar-refractivity contribution < 1.29 is 19.1 Å². The molecule has 0 amide bonds. The van der Waals surface area contributed by atoms with E-state index >= 15 is 0 Å². The van der Waals surface area contributed by atoms with Crippen molar-refractivity contribution in [2.75, 3.05) is 6.54 Å². The van der Waals surface area contributed by atoms with Crippen LogP contribution in [-0.4, -0.2) is 34.5 Å². The molecule has 0 aliphatic heterocycles. The number of nitrogens with one attached hydrogen (secondary N) is 1. The van der Waals surface area contributed by atoms with E-state index in [1.807, 2.05) is 6.07 Å². The average molecular weight is 563 g/mol. The van der Waals surface area contributed by atoms with Gasteiger partial charge in [-0.1, -0.05) is 19.9 Å². The molecule has 3 rings (SSSR count). The predicted octanol–water partition coefficient (Wildman–Crippen LogP) is 4.98. The first-order valence-corrected chi connectivity index (χ1v) is 11.4. The molecule has 166 valence electrons. The van der Waals surface area contributed by atoms with E-state index in [0.29, 0.717) is 21.4 Å². The maximum absolute atomic E-state index is 12.7. The zero-order chi connectivity index (χ0) is 23.1. The standard InChI is InChI=1S/C23H21Br2N3O4/c1-14(2)28-6-5-15-3-4-20(31-22(29)16-8-18(24)12-26-10-16)21(7-15)32-23(30)17-9-19(25)13-27-11-17/h3-4,7-14,28H,5-6H2,1-2H3. The molecule has 2 heterocycles. The van der Waals surface area contributed by atoms with E-state index in [1.165, 1.54) is 12.4 Å². The third-order valence-corrected chi connectivity index (χ3v) is 5.13. The number of esters is 2. The monoisotopic (exact) mass is 561 g/mol. The summed E-state index contributed by atoms with van der Waals surface area (Å²) < 4.78 is 12.4. The molecule has 0 fully saturated rings. The summed E-state index contributed by atoms with van der Waals surface area (Å²) in [6.07, 6.45) is 6.65. The Bertz CT molecular complexity index is 1120. The molecule has 0 bridgehead atoms. The molecule has 9 heteroatoms. The first kappa shape index (κ1) is 24.0. The van der Waals surface area contributed by atoms with Crippen LogP contribution in [0.5, 0.6) is 11.5 Å². The summed E-state index contributed by atoms with van der Waals surface area (Å²) >= 11 is 6.57. The molecule has 3 aromatic rings. The van der Waals surface area contributed by atoms with Crippen molar-refractivity contribution in [3.8, 4) is 11.5 Å². The third-order valence-electron chi connectivity index (χ3n) is 4.26. The maximum atomic E-state index is 12.7. The Labute approximate surface area is 202 Å². The number of ether oxygens (including phenoxy) is 2. The summed E-state index contributed by atoms with van der Waals surface area (Å²) in [6, 6.07) is 8.71. The Morgan fingerprint density at radius 1 is 0.875 bits per heavy atom. The Kier molecular flexibility index (Phi) is 8.49. The van der Waals surface area contributed by atoms with Gasteiger partial charge in [0.2, 0.25) is 0 Å². The zero-order valence-corrected chi connectivity index (χ0v) is 20.6. The summed E-state index contributed by atoms with van der Waals surface area (Å²) in [7, 11) is 0. The molecule has 1 aromatic carbocycles. The van der Waals surface area contributed by atoms with Gasteiger partial charge in [0.05, 0.1) is 11.1 Å². The lowest BCUT2D eigenvalue weighted by atomic mass is 10.1. The molecular weight excluding hydrogens is 542 g/mol. The van der Waals surface area contributed by atoms with Gasteiger partial charge in [0.1, 0.15) is 0 Å². The van der Waals surface area contributed by atoms with E-state index in [9.17, 15) is 9.59 Å². The van der Waals surface area contributed by atoms with E-state index in [-0.39, 0.29) is 22.6 Å². The fraction of sp³-hybridized carbons (Fsp3) is 0.217. The molecule has 0 radical (unpaired) electrons. The van der Waals surface area contributed by atoms with Crippen LogP contribution in [0.15, 0.2) is 64.1 Å². The number of pyridine rings is 2. The van der Waals surface area contributed by atoms with E-state index in [1.54, 1.807) is 36.7 Å². The van der Waals surface area contributed by atoms with Crippen LogP contribution in [0.3, 0.4) is 0 Å². The first-order valence-electron chi connectivity index (χ1n) is 9.83. The van der Waals surface area contributed by atoms with Crippen molar-refractivity contribution in [1.29, 1.82) is 0 Å². The minimum absolute atomic E-state index is 0.131. The number of halogens is 2. The molecule has 0 saturated carbocycles. The highest BCUT2D eigenvalue weighted by Gasteiger charge is 2.18. The lowest BCUT2D eigenvalue weighted by molar-refractivity contribution is 0.0681. The molecule has 0 unspecified atom stereocenters.